The first-order chi connectivity index (χ1) is 10.2. The summed E-state index contributed by atoms with van der Waals surface area (Å²) >= 11 is 0. The Morgan fingerprint density at radius 3 is 2.48 bits per heavy atom. The zero-order valence-electron chi connectivity index (χ0n) is 12.3. The van der Waals surface area contributed by atoms with Crippen LogP contribution in [0.25, 0.3) is 0 Å². The molecule has 0 spiro atoms. The number of rotatable bonds is 4. The fourth-order valence-electron chi connectivity index (χ4n) is 2.16. The van der Waals surface area contributed by atoms with Gasteiger partial charge >= 0.3 is 11.8 Å². The first-order valence-corrected chi connectivity index (χ1v) is 7.31. The van der Waals surface area contributed by atoms with Crippen LogP contribution in [0.4, 0.5) is 5.95 Å². The van der Waals surface area contributed by atoms with Gasteiger partial charge in [0.25, 0.3) is 0 Å². The number of anilines is 1. The minimum atomic E-state index is -0.507. The van der Waals surface area contributed by atoms with Gasteiger partial charge in [0.2, 0.25) is 5.95 Å². The second-order valence-electron chi connectivity index (χ2n) is 4.94. The molecule has 1 N–H and O–H groups in total. The molecule has 0 saturated carbocycles. The van der Waals surface area contributed by atoms with E-state index in [0.717, 1.165) is 12.8 Å². The lowest BCUT2D eigenvalue weighted by atomic mass is 10.3. The van der Waals surface area contributed by atoms with Gasteiger partial charge in [0.05, 0.1) is 0 Å². The van der Waals surface area contributed by atoms with Gasteiger partial charge < -0.3 is 15.1 Å². The van der Waals surface area contributed by atoms with Crippen molar-refractivity contribution >= 4 is 17.8 Å². The molecule has 114 valence electrons. The van der Waals surface area contributed by atoms with Crippen molar-refractivity contribution in [2.24, 2.45) is 0 Å². The smallest absolute Gasteiger partial charge is 0.312 e. The van der Waals surface area contributed by atoms with E-state index in [0.29, 0.717) is 38.7 Å². The molecule has 0 radical (unpaired) electrons. The van der Waals surface area contributed by atoms with Crippen LogP contribution in [0.2, 0.25) is 0 Å². The lowest BCUT2D eigenvalue weighted by Crippen LogP contribution is -2.53. The van der Waals surface area contributed by atoms with Gasteiger partial charge in [-0.3, -0.25) is 9.59 Å². The molecule has 2 amide bonds. The van der Waals surface area contributed by atoms with Gasteiger partial charge in [0.15, 0.2) is 0 Å². The number of hydrogen-bond donors (Lipinski definition) is 1. The molecule has 0 bridgehead atoms. The Morgan fingerprint density at radius 2 is 1.86 bits per heavy atom. The molecule has 1 aromatic rings. The first-order valence-electron chi connectivity index (χ1n) is 7.31. The SMILES string of the molecule is CCCCNC(=O)C(=O)N1CCN(c2ncccn2)CC1. The van der Waals surface area contributed by atoms with Gasteiger partial charge in [-0.05, 0) is 12.5 Å². The summed E-state index contributed by atoms with van der Waals surface area (Å²) in [4.78, 5) is 35.7. The Bertz CT molecular complexity index is 472. The Balaban J connectivity index is 1.80. The van der Waals surface area contributed by atoms with Crippen molar-refractivity contribution in [3.63, 3.8) is 0 Å². The maximum atomic E-state index is 12.0. The molecule has 1 aliphatic heterocycles. The van der Waals surface area contributed by atoms with Crippen LogP contribution in [-0.4, -0.2) is 59.4 Å². The lowest BCUT2D eigenvalue weighted by Gasteiger charge is -2.34. The minimum Gasteiger partial charge on any atom is -0.348 e. The molecule has 1 fully saturated rings. The summed E-state index contributed by atoms with van der Waals surface area (Å²) in [5, 5.41) is 2.66. The third-order valence-electron chi connectivity index (χ3n) is 3.41. The van der Waals surface area contributed by atoms with E-state index >= 15 is 0 Å². The summed E-state index contributed by atoms with van der Waals surface area (Å²) in [6.07, 6.45) is 5.27. The number of nitrogens with one attached hydrogen (secondary N) is 1. The Kier molecular flexibility index (Phi) is 5.48. The second kappa shape index (κ2) is 7.56. The van der Waals surface area contributed by atoms with Crippen molar-refractivity contribution in [2.75, 3.05) is 37.6 Å². The molecule has 2 rings (SSSR count). The molecule has 1 saturated heterocycles. The first kappa shape index (κ1) is 15.2. The molecule has 1 aromatic heterocycles. The van der Waals surface area contributed by atoms with Crippen LogP contribution >= 0.6 is 0 Å². The summed E-state index contributed by atoms with van der Waals surface area (Å²) in [7, 11) is 0. The number of hydrogen-bond acceptors (Lipinski definition) is 5. The molecule has 0 atom stereocenters. The Labute approximate surface area is 124 Å². The van der Waals surface area contributed by atoms with Crippen LogP contribution in [0, 0.1) is 0 Å². The Morgan fingerprint density at radius 1 is 1.19 bits per heavy atom. The number of nitrogens with zero attached hydrogens (tertiary/aromatic N) is 4. The van der Waals surface area contributed by atoms with Crippen LogP contribution in [-0.2, 0) is 9.59 Å². The number of aromatic nitrogens is 2. The monoisotopic (exact) mass is 291 g/mol. The molecular weight excluding hydrogens is 270 g/mol. The van der Waals surface area contributed by atoms with Crippen LogP contribution in [0.1, 0.15) is 19.8 Å². The summed E-state index contributed by atoms with van der Waals surface area (Å²) in [6.45, 7) is 4.89. The van der Waals surface area contributed by atoms with Gasteiger partial charge in [-0.2, -0.15) is 0 Å². The molecule has 7 heteroatoms. The van der Waals surface area contributed by atoms with E-state index in [4.69, 9.17) is 0 Å². The molecule has 2 heterocycles. The third-order valence-corrected chi connectivity index (χ3v) is 3.41. The number of piperazine rings is 1. The summed E-state index contributed by atoms with van der Waals surface area (Å²) in [6, 6.07) is 1.77. The number of carbonyl (C=O) groups is 2. The van der Waals surface area contributed by atoms with Crippen LogP contribution in [0.3, 0.4) is 0 Å². The highest BCUT2D eigenvalue weighted by molar-refractivity contribution is 6.35. The number of carbonyl (C=O) groups excluding carboxylic acids is 2. The number of amides is 2. The normalized spacial score (nSPS) is 14.9. The maximum Gasteiger partial charge on any atom is 0.312 e. The minimum absolute atomic E-state index is 0.445. The van der Waals surface area contributed by atoms with Crippen LogP contribution in [0.15, 0.2) is 18.5 Å². The quantitative estimate of drug-likeness (QED) is 0.626. The standard InChI is InChI=1S/C14H21N5O2/c1-2-3-5-15-12(20)13(21)18-8-10-19(11-9-18)14-16-6-4-7-17-14/h4,6-7H,2-3,5,8-11H2,1H3,(H,15,20). The molecule has 0 aliphatic carbocycles. The summed E-state index contributed by atoms with van der Waals surface area (Å²) in [5.41, 5.74) is 0. The fraction of sp³-hybridized carbons (Fsp3) is 0.571. The predicted molar refractivity (Wildman–Crippen MR) is 78.7 cm³/mol. The molecule has 1 aliphatic rings. The Hall–Kier alpha value is -2.18. The molecule has 21 heavy (non-hydrogen) atoms. The van der Waals surface area contributed by atoms with Crippen molar-refractivity contribution < 1.29 is 9.59 Å². The van der Waals surface area contributed by atoms with Gasteiger partial charge in [0, 0.05) is 45.1 Å². The van der Waals surface area contributed by atoms with Gasteiger partial charge in [0.1, 0.15) is 0 Å². The van der Waals surface area contributed by atoms with E-state index in [2.05, 4.69) is 15.3 Å². The lowest BCUT2D eigenvalue weighted by molar-refractivity contribution is -0.146. The molecule has 0 unspecified atom stereocenters. The highest BCUT2D eigenvalue weighted by Crippen LogP contribution is 2.09. The average Bonchev–Trinajstić information content (AvgIpc) is 2.55. The van der Waals surface area contributed by atoms with Gasteiger partial charge in [-0.25, -0.2) is 9.97 Å². The topological polar surface area (TPSA) is 78.4 Å². The zero-order valence-corrected chi connectivity index (χ0v) is 12.3. The van der Waals surface area contributed by atoms with Crippen molar-refractivity contribution in [2.45, 2.75) is 19.8 Å². The summed E-state index contributed by atoms with van der Waals surface area (Å²) < 4.78 is 0. The third kappa shape index (κ3) is 4.14. The maximum absolute atomic E-state index is 12.0. The molecule has 0 aromatic carbocycles. The summed E-state index contributed by atoms with van der Waals surface area (Å²) in [5.74, 6) is -0.287. The van der Waals surface area contributed by atoms with E-state index in [1.165, 1.54) is 0 Å². The van der Waals surface area contributed by atoms with Crippen molar-refractivity contribution in [1.82, 2.24) is 20.2 Å². The van der Waals surface area contributed by atoms with E-state index in [9.17, 15) is 9.59 Å². The number of unbranched alkanes of at least 4 members (excludes halogenated alkanes) is 1. The van der Waals surface area contributed by atoms with Crippen molar-refractivity contribution in [3.05, 3.63) is 18.5 Å². The highest BCUT2D eigenvalue weighted by atomic mass is 16.2. The van der Waals surface area contributed by atoms with E-state index < -0.39 is 11.8 Å². The zero-order chi connectivity index (χ0) is 15.1. The van der Waals surface area contributed by atoms with Gasteiger partial charge in [-0.1, -0.05) is 13.3 Å². The van der Waals surface area contributed by atoms with Crippen molar-refractivity contribution in [1.29, 1.82) is 0 Å². The predicted octanol–water partition coefficient (Wildman–Crippen LogP) is 0.0415. The highest BCUT2D eigenvalue weighted by Gasteiger charge is 2.26. The average molecular weight is 291 g/mol. The van der Waals surface area contributed by atoms with Gasteiger partial charge in [-0.15, -0.1) is 0 Å². The van der Waals surface area contributed by atoms with Crippen LogP contribution in [0.5, 0.6) is 0 Å². The van der Waals surface area contributed by atoms with Crippen molar-refractivity contribution in [3.8, 4) is 0 Å². The fourth-order valence-corrected chi connectivity index (χ4v) is 2.16. The van der Waals surface area contributed by atoms with E-state index in [1.807, 2.05) is 11.8 Å². The van der Waals surface area contributed by atoms with Crippen LogP contribution < -0.4 is 10.2 Å². The van der Waals surface area contributed by atoms with E-state index in [1.54, 1.807) is 23.4 Å². The molecule has 7 nitrogen and oxygen atoms in total. The van der Waals surface area contributed by atoms with E-state index in [-0.39, 0.29) is 0 Å². The largest absolute Gasteiger partial charge is 0.348 e. The molecular formula is C14H21N5O2. The second-order valence-corrected chi connectivity index (χ2v) is 4.94.